The lowest BCUT2D eigenvalue weighted by Crippen LogP contribution is -1.98. The zero-order chi connectivity index (χ0) is 14.9. The van der Waals surface area contributed by atoms with Gasteiger partial charge in [0.2, 0.25) is 0 Å². The molecular weight excluding hydrogens is 248 g/mol. The van der Waals surface area contributed by atoms with Crippen molar-refractivity contribution in [3.63, 3.8) is 0 Å². The molecule has 2 nitrogen and oxygen atoms in total. The number of rotatable bonds is 14. The minimum Gasteiger partial charge on any atom is -0.435 e. The maximum absolute atomic E-state index is 11.0. The fourth-order valence-electron chi connectivity index (χ4n) is 2.14. The zero-order valence-corrected chi connectivity index (χ0v) is 13.2. The molecule has 0 amide bonds. The Balaban J connectivity index is 3.14. The molecule has 0 aromatic carbocycles. The largest absolute Gasteiger partial charge is 0.435 e. The lowest BCUT2D eigenvalue weighted by molar-refractivity contribution is -0.138. The van der Waals surface area contributed by atoms with Gasteiger partial charge < -0.3 is 4.74 Å². The number of unbranched alkanes of at least 4 members (excludes halogenated alkanes) is 9. The summed E-state index contributed by atoms with van der Waals surface area (Å²) in [5, 5.41) is 0. The van der Waals surface area contributed by atoms with E-state index in [2.05, 4.69) is 30.4 Å². The first-order chi connectivity index (χ1) is 9.81. The molecule has 2 heteroatoms. The van der Waals surface area contributed by atoms with Crippen LogP contribution in [0.15, 0.2) is 25.0 Å². The van der Waals surface area contributed by atoms with E-state index in [4.69, 9.17) is 0 Å². The molecule has 0 saturated carbocycles. The first-order valence-electron chi connectivity index (χ1n) is 8.26. The highest BCUT2D eigenvalue weighted by Gasteiger charge is 1.99. The molecule has 0 unspecified atom stereocenters. The molecule has 0 aliphatic heterocycles. The van der Waals surface area contributed by atoms with E-state index in [1.807, 2.05) is 0 Å². The first kappa shape index (κ1) is 18.9. The van der Waals surface area contributed by atoms with E-state index in [0.717, 1.165) is 12.8 Å². The number of hydrogen-bond acceptors (Lipinski definition) is 2. The van der Waals surface area contributed by atoms with Gasteiger partial charge in [0.05, 0.1) is 6.26 Å². The number of allylic oxidation sites excluding steroid dienone is 2. The van der Waals surface area contributed by atoms with Crippen LogP contribution in [0.3, 0.4) is 0 Å². The molecule has 0 aromatic heterocycles. The second-order valence-corrected chi connectivity index (χ2v) is 5.28. The van der Waals surface area contributed by atoms with Gasteiger partial charge in [0, 0.05) is 6.42 Å². The summed E-state index contributed by atoms with van der Waals surface area (Å²) >= 11 is 0. The molecule has 0 rings (SSSR count). The van der Waals surface area contributed by atoms with E-state index in [1.54, 1.807) is 0 Å². The molecule has 0 aromatic rings. The normalized spacial score (nSPS) is 10.8. The van der Waals surface area contributed by atoms with Gasteiger partial charge in [0.15, 0.2) is 0 Å². The smallest absolute Gasteiger partial charge is 0.310 e. The Morgan fingerprint density at radius 3 is 2.05 bits per heavy atom. The van der Waals surface area contributed by atoms with Crippen LogP contribution in [0, 0.1) is 0 Å². The van der Waals surface area contributed by atoms with Crippen molar-refractivity contribution in [2.45, 2.75) is 84.0 Å². The lowest BCUT2D eigenvalue weighted by atomic mass is 10.1. The second-order valence-electron chi connectivity index (χ2n) is 5.28. The summed E-state index contributed by atoms with van der Waals surface area (Å²) in [6.07, 6.45) is 20.0. The summed E-state index contributed by atoms with van der Waals surface area (Å²) in [4.78, 5) is 11.0. The molecule has 0 fully saturated rings. The van der Waals surface area contributed by atoms with Crippen LogP contribution in [0.1, 0.15) is 84.0 Å². The highest BCUT2D eigenvalue weighted by atomic mass is 16.5. The van der Waals surface area contributed by atoms with E-state index in [9.17, 15) is 4.79 Å². The fourth-order valence-corrected chi connectivity index (χ4v) is 2.14. The van der Waals surface area contributed by atoms with Gasteiger partial charge >= 0.3 is 5.97 Å². The predicted molar refractivity (Wildman–Crippen MR) is 86.5 cm³/mol. The van der Waals surface area contributed by atoms with Crippen molar-refractivity contribution in [1.82, 2.24) is 0 Å². The van der Waals surface area contributed by atoms with E-state index in [-0.39, 0.29) is 5.97 Å². The van der Waals surface area contributed by atoms with Crippen molar-refractivity contribution < 1.29 is 9.53 Å². The van der Waals surface area contributed by atoms with Gasteiger partial charge in [-0.15, -0.1) is 0 Å². The van der Waals surface area contributed by atoms with Crippen molar-refractivity contribution in [2.75, 3.05) is 0 Å². The maximum Gasteiger partial charge on any atom is 0.310 e. The summed E-state index contributed by atoms with van der Waals surface area (Å²) < 4.78 is 4.66. The third-order valence-corrected chi connectivity index (χ3v) is 3.36. The van der Waals surface area contributed by atoms with Gasteiger partial charge in [-0.05, 0) is 32.1 Å². The quantitative estimate of drug-likeness (QED) is 0.170. The number of ether oxygens (including phenoxy) is 1. The Bertz CT molecular complexity index is 256. The molecule has 116 valence electrons. The van der Waals surface area contributed by atoms with Gasteiger partial charge in [-0.3, -0.25) is 4.79 Å². The fraction of sp³-hybridized carbons (Fsp3) is 0.722. The molecule has 0 aliphatic rings. The van der Waals surface area contributed by atoms with Crippen molar-refractivity contribution >= 4 is 5.97 Å². The summed E-state index contributed by atoms with van der Waals surface area (Å²) in [6, 6.07) is 0. The van der Waals surface area contributed by atoms with Gasteiger partial charge in [0.25, 0.3) is 0 Å². The van der Waals surface area contributed by atoms with Gasteiger partial charge in [-0.2, -0.15) is 0 Å². The lowest BCUT2D eigenvalue weighted by Gasteiger charge is -2.00. The molecule has 0 radical (unpaired) electrons. The highest BCUT2D eigenvalue weighted by molar-refractivity contribution is 5.69. The van der Waals surface area contributed by atoms with Crippen LogP contribution in [-0.4, -0.2) is 5.97 Å². The van der Waals surface area contributed by atoms with Crippen LogP contribution >= 0.6 is 0 Å². The molecule has 20 heavy (non-hydrogen) atoms. The molecule has 0 aliphatic carbocycles. The van der Waals surface area contributed by atoms with Gasteiger partial charge in [-0.1, -0.05) is 64.2 Å². The summed E-state index contributed by atoms with van der Waals surface area (Å²) in [5.41, 5.74) is 0. The Morgan fingerprint density at radius 2 is 1.45 bits per heavy atom. The predicted octanol–water partition coefficient (Wildman–Crippen LogP) is 5.93. The van der Waals surface area contributed by atoms with Crippen LogP contribution in [0.25, 0.3) is 0 Å². The van der Waals surface area contributed by atoms with Crippen LogP contribution in [0.4, 0.5) is 0 Å². The Morgan fingerprint density at radius 1 is 0.900 bits per heavy atom. The molecule has 0 N–H and O–H groups in total. The van der Waals surface area contributed by atoms with E-state index >= 15 is 0 Å². The van der Waals surface area contributed by atoms with Crippen LogP contribution in [0.5, 0.6) is 0 Å². The maximum atomic E-state index is 11.0. The molecule has 0 spiro atoms. The average Bonchev–Trinajstić information content (AvgIpc) is 2.44. The van der Waals surface area contributed by atoms with Crippen molar-refractivity contribution in [1.29, 1.82) is 0 Å². The minimum absolute atomic E-state index is 0.161. The number of carbonyl (C=O) groups excluding carboxylic acids is 1. The minimum atomic E-state index is -0.161. The third-order valence-electron chi connectivity index (χ3n) is 3.36. The average molecular weight is 280 g/mol. The van der Waals surface area contributed by atoms with Crippen molar-refractivity contribution in [3.05, 3.63) is 25.0 Å². The second kappa shape index (κ2) is 16.0. The summed E-state index contributed by atoms with van der Waals surface area (Å²) in [6.45, 7) is 5.61. The van der Waals surface area contributed by atoms with Crippen molar-refractivity contribution in [2.24, 2.45) is 0 Å². The monoisotopic (exact) mass is 280 g/mol. The van der Waals surface area contributed by atoms with Crippen LogP contribution < -0.4 is 0 Å². The summed E-state index contributed by atoms with van der Waals surface area (Å²) in [5.74, 6) is -0.161. The molecular formula is C18H32O2. The van der Waals surface area contributed by atoms with Crippen molar-refractivity contribution in [3.8, 4) is 0 Å². The molecule has 0 bridgehead atoms. The number of hydrogen-bond donors (Lipinski definition) is 0. The highest BCUT2D eigenvalue weighted by Crippen LogP contribution is 2.09. The topological polar surface area (TPSA) is 26.3 Å². The number of carbonyl (C=O) groups is 1. The van der Waals surface area contributed by atoms with E-state index < -0.39 is 0 Å². The number of esters is 1. The summed E-state index contributed by atoms with van der Waals surface area (Å²) in [7, 11) is 0. The van der Waals surface area contributed by atoms with E-state index in [1.165, 1.54) is 64.0 Å². The Labute approximate surface area is 125 Å². The molecule has 0 saturated heterocycles. The standard InChI is InChI=1S/C18H32O2/c1-3-5-6-7-8-9-10-11-12-13-14-15-16-17-18(19)20-4-2/h4,9-10H,2-3,5-8,11-17H2,1H3/b10-9-. The van der Waals surface area contributed by atoms with Gasteiger partial charge in [0.1, 0.15) is 0 Å². The first-order valence-corrected chi connectivity index (χ1v) is 8.26. The van der Waals surface area contributed by atoms with Crippen LogP contribution in [-0.2, 0) is 9.53 Å². The zero-order valence-electron chi connectivity index (χ0n) is 13.2. The Hall–Kier alpha value is -1.05. The SMILES string of the molecule is C=COC(=O)CCCCCCC/C=C\CCCCCC. The Kier molecular flexibility index (Phi) is 15.2. The third kappa shape index (κ3) is 15.0. The van der Waals surface area contributed by atoms with E-state index in [0.29, 0.717) is 6.42 Å². The van der Waals surface area contributed by atoms with Gasteiger partial charge in [-0.25, -0.2) is 0 Å². The van der Waals surface area contributed by atoms with Crippen LogP contribution in [0.2, 0.25) is 0 Å². The molecule has 0 atom stereocenters. The molecule has 0 heterocycles.